The molecule has 1 atom stereocenters. The lowest BCUT2D eigenvalue weighted by atomic mass is 10.0. The second kappa shape index (κ2) is 8.49. The van der Waals surface area contributed by atoms with E-state index in [1.54, 1.807) is 48.4 Å². The number of carbonyl (C=O) groups excluding carboxylic acids is 1. The summed E-state index contributed by atoms with van der Waals surface area (Å²) in [6, 6.07) is 14.0. The molecule has 0 radical (unpaired) electrons. The van der Waals surface area contributed by atoms with Gasteiger partial charge in [0.25, 0.3) is 0 Å². The fourth-order valence-electron chi connectivity index (χ4n) is 4.12. The van der Waals surface area contributed by atoms with E-state index >= 15 is 0 Å². The van der Waals surface area contributed by atoms with Crippen molar-refractivity contribution >= 4 is 15.9 Å². The Hall–Kier alpha value is -2.62. The number of ether oxygens (including phenoxy) is 3. The number of fused-ring (bicyclic) bond motifs is 1. The molecule has 0 saturated carbocycles. The lowest BCUT2D eigenvalue weighted by Crippen LogP contribution is -2.49. The Labute approximate surface area is 182 Å². The predicted octanol–water partition coefficient (Wildman–Crippen LogP) is 1.90. The van der Waals surface area contributed by atoms with Gasteiger partial charge in [-0.1, -0.05) is 24.3 Å². The van der Waals surface area contributed by atoms with Crippen LogP contribution < -0.4 is 9.47 Å². The summed E-state index contributed by atoms with van der Waals surface area (Å²) in [6.45, 7) is 1.12. The van der Waals surface area contributed by atoms with E-state index in [4.69, 9.17) is 14.2 Å². The molecule has 8 nitrogen and oxygen atoms in total. The average molecular weight is 447 g/mol. The zero-order valence-electron chi connectivity index (χ0n) is 17.6. The molecule has 1 unspecified atom stereocenters. The third-order valence-corrected chi connectivity index (χ3v) is 7.54. The van der Waals surface area contributed by atoms with Crippen LogP contribution in [0.5, 0.6) is 11.5 Å². The number of hydrogen-bond donors (Lipinski definition) is 0. The summed E-state index contributed by atoms with van der Waals surface area (Å²) in [7, 11) is -0.732. The molecule has 1 fully saturated rings. The number of carbonyl (C=O) groups is 1. The van der Waals surface area contributed by atoms with Crippen LogP contribution in [-0.2, 0) is 26.1 Å². The van der Waals surface area contributed by atoms with Crippen molar-refractivity contribution in [2.75, 3.05) is 40.5 Å². The highest BCUT2D eigenvalue weighted by Gasteiger charge is 2.48. The maximum absolute atomic E-state index is 13.5. The molecule has 0 N–H and O–H groups in total. The highest BCUT2D eigenvalue weighted by molar-refractivity contribution is 7.89. The normalized spacial score (nSPS) is 22.6. The number of benzene rings is 2. The van der Waals surface area contributed by atoms with Crippen LogP contribution in [0.15, 0.2) is 53.4 Å². The number of nitrogens with zero attached hydrogens (tertiary/aromatic N) is 2. The fourth-order valence-corrected chi connectivity index (χ4v) is 5.74. The van der Waals surface area contributed by atoms with Gasteiger partial charge in [-0.15, -0.1) is 0 Å². The third-order valence-electron chi connectivity index (χ3n) is 5.71. The Balaban J connectivity index is 1.69. The van der Waals surface area contributed by atoms with Crippen LogP contribution in [0.2, 0.25) is 0 Å². The summed E-state index contributed by atoms with van der Waals surface area (Å²) in [4.78, 5) is 14.2. The van der Waals surface area contributed by atoms with Crippen LogP contribution in [0.4, 0.5) is 0 Å². The molecule has 31 heavy (non-hydrogen) atoms. The number of hydrogen-bond acceptors (Lipinski definition) is 6. The Morgan fingerprint density at radius 3 is 2.55 bits per heavy atom. The zero-order chi connectivity index (χ0) is 22.1. The van der Waals surface area contributed by atoms with E-state index in [0.29, 0.717) is 31.0 Å². The number of methoxy groups -OCH3 is 2. The molecule has 4 rings (SSSR count). The van der Waals surface area contributed by atoms with Crippen molar-refractivity contribution in [3.8, 4) is 11.5 Å². The number of rotatable bonds is 5. The van der Waals surface area contributed by atoms with Crippen LogP contribution in [0.3, 0.4) is 0 Å². The number of para-hydroxylation sites is 1. The van der Waals surface area contributed by atoms with Gasteiger partial charge in [-0.3, -0.25) is 4.79 Å². The summed E-state index contributed by atoms with van der Waals surface area (Å²) < 4.78 is 45.0. The molecule has 2 aliphatic heterocycles. The van der Waals surface area contributed by atoms with Crippen LogP contribution >= 0.6 is 0 Å². The van der Waals surface area contributed by atoms with Gasteiger partial charge in [0.05, 0.1) is 20.2 Å². The highest BCUT2D eigenvalue weighted by atomic mass is 32.2. The van der Waals surface area contributed by atoms with Crippen molar-refractivity contribution in [3.05, 3.63) is 54.1 Å². The molecule has 1 saturated heterocycles. The Kier molecular flexibility index (Phi) is 5.92. The molecule has 2 aromatic carbocycles. The molecule has 1 spiro atoms. The zero-order valence-corrected chi connectivity index (χ0v) is 18.4. The van der Waals surface area contributed by atoms with Crippen molar-refractivity contribution in [2.24, 2.45) is 0 Å². The van der Waals surface area contributed by atoms with Gasteiger partial charge in [-0.2, -0.15) is 4.31 Å². The lowest BCUT2D eigenvalue weighted by Gasteiger charge is -2.32. The first-order chi connectivity index (χ1) is 14.9. The van der Waals surface area contributed by atoms with Gasteiger partial charge in [0.2, 0.25) is 15.9 Å². The minimum Gasteiger partial charge on any atom is -0.497 e. The lowest BCUT2D eigenvalue weighted by molar-refractivity contribution is -0.134. The van der Waals surface area contributed by atoms with E-state index in [2.05, 4.69) is 0 Å². The van der Waals surface area contributed by atoms with Crippen LogP contribution in [0, 0.1) is 0 Å². The van der Waals surface area contributed by atoms with Gasteiger partial charge in [-0.05, 0) is 29.8 Å². The maximum atomic E-state index is 13.5. The van der Waals surface area contributed by atoms with Crippen LogP contribution in [0.1, 0.15) is 12.0 Å². The average Bonchev–Trinajstić information content (AvgIpc) is 3.14. The molecule has 0 bridgehead atoms. The van der Waals surface area contributed by atoms with E-state index in [1.165, 1.54) is 11.4 Å². The fraction of sp³-hybridized carbons (Fsp3) is 0.409. The topological polar surface area (TPSA) is 85.4 Å². The van der Waals surface area contributed by atoms with E-state index in [0.717, 1.165) is 5.56 Å². The van der Waals surface area contributed by atoms with Crippen molar-refractivity contribution < 1.29 is 27.4 Å². The summed E-state index contributed by atoms with van der Waals surface area (Å²) >= 11 is 0. The van der Waals surface area contributed by atoms with Gasteiger partial charge >= 0.3 is 0 Å². The van der Waals surface area contributed by atoms with Crippen LogP contribution in [-0.4, -0.2) is 69.6 Å². The third kappa shape index (κ3) is 4.26. The maximum Gasteiger partial charge on any atom is 0.248 e. The number of sulfonamides is 1. The minimum absolute atomic E-state index is 0.0134. The smallest absolute Gasteiger partial charge is 0.248 e. The second-order valence-electron chi connectivity index (χ2n) is 7.85. The van der Waals surface area contributed by atoms with Gasteiger partial charge in [0.15, 0.2) is 0 Å². The molecule has 166 valence electrons. The highest BCUT2D eigenvalue weighted by Crippen LogP contribution is 2.39. The molecule has 1 amide bonds. The number of likely N-dealkylation sites (tertiary alicyclic amines) is 1. The Morgan fingerprint density at radius 1 is 1.10 bits per heavy atom. The van der Waals surface area contributed by atoms with Crippen molar-refractivity contribution in [1.29, 1.82) is 0 Å². The van der Waals surface area contributed by atoms with E-state index in [9.17, 15) is 13.2 Å². The summed E-state index contributed by atoms with van der Waals surface area (Å²) in [5.41, 5.74) is 0.0134. The Bertz CT molecular complexity index is 1060. The Morgan fingerprint density at radius 2 is 1.84 bits per heavy atom. The van der Waals surface area contributed by atoms with Gasteiger partial charge in [0, 0.05) is 26.6 Å². The van der Waals surface area contributed by atoms with Crippen LogP contribution in [0.25, 0.3) is 0 Å². The molecule has 2 aromatic rings. The van der Waals surface area contributed by atoms with Crippen molar-refractivity contribution in [3.63, 3.8) is 0 Å². The second-order valence-corrected chi connectivity index (χ2v) is 9.76. The molecule has 0 aromatic heterocycles. The quantitative estimate of drug-likeness (QED) is 0.697. The molecule has 2 heterocycles. The first-order valence-electron chi connectivity index (χ1n) is 10.0. The van der Waals surface area contributed by atoms with E-state index in [1.807, 2.05) is 12.1 Å². The summed E-state index contributed by atoms with van der Waals surface area (Å²) in [5, 5.41) is 0. The van der Waals surface area contributed by atoms with Gasteiger partial charge < -0.3 is 19.1 Å². The molecular formula is C22H26N2O6S. The van der Waals surface area contributed by atoms with Gasteiger partial charge in [-0.25, -0.2) is 8.42 Å². The minimum atomic E-state index is -3.80. The monoisotopic (exact) mass is 446 g/mol. The molecule has 0 aliphatic carbocycles. The molecule has 2 aliphatic rings. The van der Waals surface area contributed by atoms with Crippen molar-refractivity contribution in [1.82, 2.24) is 9.21 Å². The SMILES string of the molecule is COCC(=O)N1CCC2(C1)CN(Cc1ccc(OC)cc1)S(=O)(=O)c1ccccc1O2. The first kappa shape index (κ1) is 21.6. The summed E-state index contributed by atoms with van der Waals surface area (Å²) in [6.07, 6.45) is 0.533. The predicted molar refractivity (Wildman–Crippen MR) is 113 cm³/mol. The largest absolute Gasteiger partial charge is 0.497 e. The van der Waals surface area contributed by atoms with E-state index in [-0.39, 0.29) is 30.5 Å². The van der Waals surface area contributed by atoms with Gasteiger partial charge in [0.1, 0.15) is 28.6 Å². The standard InChI is InChI=1S/C22H26N2O6S/c1-28-14-21(25)23-12-11-22(15-23)16-24(13-17-7-9-18(29-2)10-8-17)31(26,27)20-6-4-3-5-19(20)30-22/h3-10H,11-16H2,1-2H3. The summed E-state index contributed by atoms with van der Waals surface area (Å²) in [5.74, 6) is 0.890. The molecular weight excluding hydrogens is 420 g/mol. The molecule has 9 heteroatoms. The van der Waals surface area contributed by atoms with Crippen molar-refractivity contribution in [2.45, 2.75) is 23.5 Å². The number of amides is 1. The van der Waals surface area contributed by atoms with E-state index < -0.39 is 15.6 Å². The first-order valence-corrected chi connectivity index (χ1v) is 11.5.